The summed E-state index contributed by atoms with van der Waals surface area (Å²) < 4.78 is 35.6. The molecule has 1 aliphatic heterocycles. The van der Waals surface area contributed by atoms with Gasteiger partial charge in [-0.3, -0.25) is 0 Å². The van der Waals surface area contributed by atoms with Crippen molar-refractivity contribution >= 4 is 11.8 Å². The van der Waals surface area contributed by atoms with E-state index in [1.165, 1.54) is 40.7 Å². The van der Waals surface area contributed by atoms with Crippen LogP contribution >= 0.6 is 11.8 Å². The summed E-state index contributed by atoms with van der Waals surface area (Å²) in [5.41, 5.74) is 1.38. The van der Waals surface area contributed by atoms with Crippen molar-refractivity contribution in [1.82, 2.24) is 30.0 Å². The van der Waals surface area contributed by atoms with E-state index in [-0.39, 0.29) is 17.1 Å². The van der Waals surface area contributed by atoms with E-state index in [0.29, 0.717) is 35.4 Å². The molecule has 4 aromatic rings. The third kappa shape index (κ3) is 5.70. The van der Waals surface area contributed by atoms with Crippen LogP contribution < -0.4 is 0 Å². The molecule has 4 N–H and O–H groups in total. The zero-order chi connectivity index (χ0) is 29.4. The number of halogens is 2. The lowest BCUT2D eigenvalue weighted by molar-refractivity contribution is -0.178. The van der Waals surface area contributed by atoms with Crippen LogP contribution in [0.5, 0.6) is 0 Å². The Kier molecular flexibility index (Phi) is 8.34. The predicted molar refractivity (Wildman–Crippen MR) is 148 cm³/mol. The quantitative estimate of drug-likeness (QED) is 0.249. The van der Waals surface area contributed by atoms with Crippen LogP contribution in [0.3, 0.4) is 0 Å². The van der Waals surface area contributed by atoms with Gasteiger partial charge in [-0.25, -0.2) is 18.1 Å². The summed E-state index contributed by atoms with van der Waals surface area (Å²) in [4.78, 5) is 0. The summed E-state index contributed by atoms with van der Waals surface area (Å²) in [5, 5.41) is 59.9. The summed E-state index contributed by atoms with van der Waals surface area (Å²) in [5.74, 6) is -0.743. The molecule has 0 bridgehead atoms. The standard InChI is InChI=1S/C28H30F2N6O5S/c29-17-8-4-15(5-9-17)19-12-35(33-31-19)21-2-1-3-23(25(21)38)42-28-27(40)24(26(39)22(14-37)41-28)36-13-20(32-34-36)16-6-10-18(30)11-7-16/h4-13,21-28,37-40H,1-3,14H2/t21?,22?,23-,24?,25?,26+,27?,28+/m1/s1. The molecule has 2 aliphatic rings. The van der Waals surface area contributed by atoms with Crippen LogP contribution in [0.4, 0.5) is 8.78 Å². The number of ether oxygens (including phenoxy) is 1. The van der Waals surface area contributed by atoms with Gasteiger partial charge < -0.3 is 25.2 Å². The van der Waals surface area contributed by atoms with Crippen molar-refractivity contribution in [3.8, 4) is 22.5 Å². The Labute approximate surface area is 243 Å². The van der Waals surface area contributed by atoms with E-state index in [9.17, 15) is 29.2 Å². The maximum Gasteiger partial charge on any atom is 0.132 e. The third-order valence-electron chi connectivity index (χ3n) is 7.87. The zero-order valence-corrected chi connectivity index (χ0v) is 23.1. The van der Waals surface area contributed by atoms with Gasteiger partial charge in [0.2, 0.25) is 0 Å². The van der Waals surface area contributed by atoms with Crippen molar-refractivity contribution in [2.24, 2.45) is 0 Å². The molecule has 0 spiro atoms. The van der Waals surface area contributed by atoms with Gasteiger partial charge in [-0.05, 0) is 61.4 Å². The molecule has 2 aromatic heterocycles. The number of aliphatic hydroxyl groups excluding tert-OH is 4. The van der Waals surface area contributed by atoms with Crippen molar-refractivity contribution < 1.29 is 33.9 Å². The molecule has 6 rings (SSSR count). The maximum absolute atomic E-state index is 13.4. The van der Waals surface area contributed by atoms with Crippen LogP contribution in [0.15, 0.2) is 60.9 Å². The minimum atomic E-state index is -1.30. The average Bonchev–Trinajstić information content (AvgIpc) is 3.67. The fourth-order valence-corrected chi connectivity index (χ4v) is 7.11. The summed E-state index contributed by atoms with van der Waals surface area (Å²) in [6.07, 6.45) is 0.893. The molecule has 2 aromatic carbocycles. The highest BCUT2D eigenvalue weighted by molar-refractivity contribution is 8.00. The lowest BCUT2D eigenvalue weighted by Crippen LogP contribution is -2.55. The highest BCUT2D eigenvalue weighted by Crippen LogP contribution is 2.42. The van der Waals surface area contributed by atoms with Crippen LogP contribution in [-0.4, -0.2) is 92.1 Å². The third-order valence-corrected chi connectivity index (χ3v) is 9.39. The van der Waals surface area contributed by atoms with Gasteiger partial charge in [-0.1, -0.05) is 16.8 Å². The molecule has 42 heavy (non-hydrogen) atoms. The normalized spacial score (nSPS) is 30.0. The van der Waals surface area contributed by atoms with Crippen molar-refractivity contribution in [2.45, 2.75) is 66.4 Å². The van der Waals surface area contributed by atoms with E-state index < -0.39 is 48.3 Å². The van der Waals surface area contributed by atoms with E-state index in [0.717, 1.165) is 6.42 Å². The molecule has 11 nitrogen and oxygen atoms in total. The van der Waals surface area contributed by atoms with Crippen LogP contribution in [0.25, 0.3) is 22.5 Å². The van der Waals surface area contributed by atoms with Crippen molar-refractivity contribution in [1.29, 1.82) is 0 Å². The molecule has 8 atom stereocenters. The summed E-state index contributed by atoms with van der Waals surface area (Å²) >= 11 is 1.23. The lowest BCUT2D eigenvalue weighted by atomic mass is 9.92. The van der Waals surface area contributed by atoms with Gasteiger partial charge >= 0.3 is 0 Å². The Morgan fingerprint density at radius 3 is 1.95 bits per heavy atom. The van der Waals surface area contributed by atoms with Gasteiger partial charge in [-0.2, -0.15) is 0 Å². The molecular weight excluding hydrogens is 570 g/mol. The lowest BCUT2D eigenvalue weighted by Gasteiger charge is -2.44. The molecule has 2 fully saturated rings. The van der Waals surface area contributed by atoms with Gasteiger partial charge in [0.15, 0.2) is 0 Å². The van der Waals surface area contributed by atoms with E-state index in [4.69, 9.17) is 4.74 Å². The Morgan fingerprint density at radius 2 is 1.36 bits per heavy atom. The number of benzene rings is 2. The first kappa shape index (κ1) is 28.8. The summed E-state index contributed by atoms with van der Waals surface area (Å²) in [6, 6.07) is 10.2. The molecule has 1 saturated heterocycles. The first-order valence-corrected chi connectivity index (χ1v) is 14.6. The molecule has 0 amide bonds. The Balaban J connectivity index is 1.19. The molecule has 1 aliphatic carbocycles. The van der Waals surface area contributed by atoms with E-state index in [1.54, 1.807) is 41.3 Å². The molecule has 1 saturated carbocycles. The van der Waals surface area contributed by atoms with Gasteiger partial charge in [0, 0.05) is 16.4 Å². The minimum Gasteiger partial charge on any atom is -0.394 e. The molecule has 3 heterocycles. The monoisotopic (exact) mass is 600 g/mol. The van der Waals surface area contributed by atoms with Crippen LogP contribution in [-0.2, 0) is 4.74 Å². The number of aromatic nitrogens is 6. The van der Waals surface area contributed by atoms with Crippen LogP contribution in [0.1, 0.15) is 31.3 Å². The number of hydrogen-bond acceptors (Lipinski definition) is 10. The number of nitrogens with zero attached hydrogens (tertiary/aromatic N) is 6. The first-order valence-electron chi connectivity index (χ1n) is 13.6. The number of hydrogen-bond donors (Lipinski definition) is 4. The fourth-order valence-electron chi connectivity index (χ4n) is 5.59. The topological polar surface area (TPSA) is 152 Å². The van der Waals surface area contributed by atoms with E-state index in [2.05, 4.69) is 20.6 Å². The second-order valence-electron chi connectivity index (χ2n) is 10.5. The van der Waals surface area contributed by atoms with Crippen molar-refractivity contribution in [3.63, 3.8) is 0 Å². The molecule has 14 heteroatoms. The number of thioether (sulfide) groups is 1. The number of aliphatic hydroxyl groups is 4. The molecule has 222 valence electrons. The first-order chi connectivity index (χ1) is 20.3. The van der Waals surface area contributed by atoms with E-state index >= 15 is 0 Å². The largest absolute Gasteiger partial charge is 0.394 e. The SMILES string of the molecule is OCC1O[C@@H](S[C@@H]2CCCC(n3cc(-c4ccc(F)cc4)nn3)C2O)C(O)C(n2cc(-c3ccc(F)cc3)nn2)[C@H]1O. The summed E-state index contributed by atoms with van der Waals surface area (Å²) in [7, 11) is 0. The molecule has 0 radical (unpaired) electrons. The van der Waals surface area contributed by atoms with Crippen molar-refractivity contribution in [2.75, 3.05) is 6.61 Å². The second-order valence-corrected chi connectivity index (χ2v) is 11.9. The molecule has 5 unspecified atom stereocenters. The predicted octanol–water partition coefficient (Wildman–Crippen LogP) is 2.35. The Hall–Kier alpha value is -3.27. The Morgan fingerprint density at radius 1 is 0.786 bits per heavy atom. The van der Waals surface area contributed by atoms with Gasteiger partial charge in [0.05, 0.1) is 31.1 Å². The van der Waals surface area contributed by atoms with Gasteiger partial charge in [0.1, 0.15) is 52.8 Å². The highest BCUT2D eigenvalue weighted by atomic mass is 32.2. The zero-order valence-electron chi connectivity index (χ0n) is 22.3. The van der Waals surface area contributed by atoms with E-state index in [1.807, 2.05) is 0 Å². The van der Waals surface area contributed by atoms with Crippen LogP contribution in [0.2, 0.25) is 0 Å². The maximum atomic E-state index is 13.4. The number of rotatable bonds is 7. The summed E-state index contributed by atoms with van der Waals surface area (Å²) in [6.45, 7) is -0.498. The van der Waals surface area contributed by atoms with Gasteiger partial charge in [-0.15, -0.1) is 22.0 Å². The van der Waals surface area contributed by atoms with Gasteiger partial charge in [0.25, 0.3) is 0 Å². The fraction of sp³-hybridized carbons (Fsp3) is 0.429. The highest BCUT2D eigenvalue weighted by Gasteiger charge is 2.48. The minimum absolute atomic E-state index is 0.351. The molecular formula is C28H30F2N6O5S. The Bertz CT molecular complexity index is 1490. The smallest absolute Gasteiger partial charge is 0.132 e. The average molecular weight is 601 g/mol. The van der Waals surface area contributed by atoms with Crippen molar-refractivity contribution in [3.05, 3.63) is 72.6 Å². The van der Waals surface area contributed by atoms with Crippen LogP contribution in [0, 0.1) is 11.6 Å². The second kappa shape index (κ2) is 12.1.